The van der Waals surface area contributed by atoms with Gasteiger partial charge in [0, 0.05) is 7.05 Å². The maximum Gasteiger partial charge on any atom is 0.253 e. The van der Waals surface area contributed by atoms with E-state index >= 15 is 0 Å². The van der Waals surface area contributed by atoms with Gasteiger partial charge in [0.1, 0.15) is 5.82 Å². The van der Waals surface area contributed by atoms with Crippen molar-refractivity contribution < 1.29 is 14.0 Å². The summed E-state index contributed by atoms with van der Waals surface area (Å²) >= 11 is 0. The summed E-state index contributed by atoms with van der Waals surface area (Å²) in [6.45, 7) is 0. The van der Waals surface area contributed by atoms with Crippen molar-refractivity contribution in [3.05, 3.63) is 65.5 Å². The minimum atomic E-state index is -0.330. The lowest BCUT2D eigenvalue weighted by molar-refractivity contribution is -0.118. The first kappa shape index (κ1) is 16.2. The number of halogens is 1. The number of nitrogens with one attached hydrogen (secondary N) is 2. The highest BCUT2D eigenvalue weighted by Crippen LogP contribution is 2.43. The summed E-state index contributed by atoms with van der Waals surface area (Å²) in [4.78, 5) is 24.7. The summed E-state index contributed by atoms with van der Waals surface area (Å²) in [7, 11) is 1.55. The Morgan fingerprint density at radius 1 is 1.08 bits per heavy atom. The van der Waals surface area contributed by atoms with Gasteiger partial charge in [0.05, 0.1) is 17.2 Å². The van der Waals surface area contributed by atoms with Crippen molar-refractivity contribution in [1.82, 2.24) is 5.32 Å². The lowest BCUT2D eigenvalue weighted by Crippen LogP contribution is -2.25. The number of anilines is 1. The molecule has 0 saturated heterocycles. The molecule has 1 unspecified atom stereocenters. The zero-order valence-corrected chi connectivity index (χ0v) is 13.4. The fraction of sp³-hybridized carbons (Fsp3) is 0.263. The quantitative estimate of drug-likeness (QED) is 0.885. The number of hydrogen-bond acceptors (Lipinski definition) is 2. The highest BCUT2D eigenvalue weighted by Gasteiger charge is 2.37. The second-order valence-corrected chi connectivity index (χ2v) is 5.98. The summed E-state index contributed by atoms with van der Waals surface area (Å²) in [6, 6.07) is 12.9. The van der Waals surface area contributed by atoms with Crippen LogP contribution in [0.1, 0.15) is 34.7 Å². The molecule has 1 fully saturated rings. The Hall–Kier alpha value is -2.69. The van der Waals surface area contributed by atoms with Crippen LogP contribution >= 0.6 is 0 Å². The van der Waals surface area contributed by atoms with Gasteiger partial charge in [-0.1, -0.05) is 24.3 Å². The maximum atomic E-state index is 13.2. The van der Waals surface area contributed by atoms with E-state index in [9.17, 15) is 14.0 Å². The van der Waals surface area contributed by atoms with E-state index in [1.807, 2.05) is 0 Å². The summed E-state index contributed by atoms with van der Waals surface area (Å²) in [6.07, 6.45) is 1.96. The molecule has 124 valence electrons. The van der Waals surface area contributed by atoms with E-state index in [4.69, 9.17) is 0 Å². The molecular weight excluding hydrogens is 307 g/mol. The molecule has 1 aliphatic rings. The monoisotopic (exact) mass is 326 g/mol. The molecule has 1 aliphatic carbocycles. The third-order valence-corrected chi connectivity index (χ3v) is 4.26. The molecule has 1 atom stereocenters. The van der Waals surface area contributed by atoms with Crippen molar-refractivity contribution >= 4 is 17.5 Å². The van der Waals surface area contributed by atoms with Gasteiger partial charge in [-0.25, -0.2) is 4.39 Å². The summed E-state index contributed by atoms with van der Waals surface area (Å²) in [5.74, 6) is -0.805. The second kappa shape index (κ2) is 6.83. The Kier molecular flexibility index (Phi) is 4.60. The molecule has 2 aromatic carbocycles. The molecule has 2 N–H and O–H groups in total. The molecule has 0 aliphatic heterocycles. The average molecular weight is 326 g/mol. The molecule has 0 spiro atoms. The number of rotatable bonds is 5. The van der Waals surface area contributed by atoms with E-state index in [1.165, 1.54) is 12.1 Å². The Morgan fingerprint density at radius 2 is 1.75 bits per heavy atom. The van der Waals surface area contributed by atoms with E-state index in [0.717, 1.165) is 18.4 Å². The zero-order chi connectivity index (χ0) is 17.1. The molecule has 1 saturated carbocycles. The van der Waals surface area contributed by atoms with Gasteiger partial charge in [0.25, 0.3) is 5.91 Å². The first-order valence-electron chi connectivity index (χ1n) is 7.97. The first-order chi connectivity index (χ1) is 11.6. The lowest BCUT2D eigenvalue weighted by atomic mass is 9.93. The normalized spacial score (nSPS) is 14.8. The molecule has 0 bridgehead atoms. The Bertz CT molecular complexity index is 754. The predicted molar refractivity (Wildman–Crippen MR) is 90.3 cm³/mol. The van der Waals surface area contributed by atoms with Crippen molar-refractivity contribution in [3.63, 3.8) is 0 Å². The summed E-state index contributed by atoms with van der Waals surface area (Å²) < 4.78 is 13.2. The molecule has 0 radical (unpaired) electrons. The molecule has 24 heavy (non-hydrogen) atoms. The smallest absolute Gasteiger partial charge is 0.253 e. The summed E-state index contributed by atoms with van der Waals surface area (Å²) in [5, 5.41) is 5.43. The third kappa shape index (κ3) is 3.45. The van der Waals surface area contributed by atoms with Crippen LogP contribution in [-0.2, 0) is 4.79 Å². The molecule has 0 aromatic heterocycles. The average Bonchev–Trinajstić information content (AvgIpc) is 3.41. The topological polar surface area (TPSA) is 58.2 Å². The Labute approximate surface area is 140 Å². The molecule has 0 heterocycles. The molecule has 2 aromatic rings. The first-order valence-corrected chi connectivity index (χ1v) is 7.97. The second-order valence-electron chi connectivity index (χ2n) is 5.98. The minimum Gasteiger partial charge on any atom is -0.355 e. The van der Waals surface area contributed by atoms with Crippen molar-refractivity contribution in [2.75, 3.05) is 12.4 Å². The van der Waals surface area contributed by atoms with Gasteiger partial charge >= 0.3 is 0 Å². The van der Waals surface area contributed by atoms with Gasteiger partial charge in [0.15, 0.2) is 0 Å². The Morgan fingerprint density at radius 3 is 2.38 bits per heavy atom. The van der Waals surface area contributed by atoms with Crippen molar-refractivity contribution in [2.24, 2.45) is 5.92 Å². The number of carbonyl (C=O) groups excluding carboxylic acids is 2. The van der Waals surface area contributed by atoms with Crippen LogP contribution in [0.2, 0.25) is 0 Å². The van der Waals surface area contributed by atoms with E-state index < -0.39 is 0 Å². The van der Waals surface area contributed by atoms with Gasteiger partial charge in [-0.2, -0.15) is 0 Å². The van der Waals surface area contributed by atoms with E-state index in [1.54, 1.807) is 43.4 Å². The molecule has 5 heteroatoms. The maximum absolute atomic E-state index is 13.2. The van der Waals surface area contributed by atoms with E-state index in [0.29, 0.717) is 11.3 Å². The van der Waals surface area contributed by atoms with Gasteiger partial charge in [0.2, 0.25) is 5.91 Å². The number of para-hydroxylation sites is 1. The van der Waals surface area contributed by atoms with Gasteiger partial charge in [-0.15, -0.1) is 0 Å². The van der Waals surface area contributed by atoms with Crippen LogP contribution in [0.15, 0.2) is 48.5 Å². The van der Waals surface area contributed by atoms with Crippen molar-refractivity contribution in [1.29, 1.82) is 0 Å². The van der Waals surface area contributed by atoms with Crippen LogP contribution in [0.5, 0.6) is 0 Å². The zero-order valence-electron chi connectivity index (χ0n) is 13.4. The molecule has 4 nitrogen and oxygen atoms in total. The SMILES string of the molecule is CNC(=O)c1ccccc1NC(=O)C(c1ccc(F)cc1)C1CC1. The molecular formula is C19H19FN2O2. The van der Waals surface area contributed by atoms with Gasteiger partial charge < -0.3 is 10.6 Å². The minimum absolute atomic E-state index is 0.166. The van der Waals surface area contributed by atoms with Crippen LogP contribution in [0.3, 0.4) is 0 Å². The van der Waals surface area contributed by atoms with Crippen LogP contribution in [-0.4, -0.2) is 18.9 Å². The van der Waals surface area contributed by atoms with Crippen molar-refractivity contribution in [2.45, 2.75) is 18.8 Å². The van der Waals surface area contributed by atoms with Crippen LogP contribution in [0.4, 0.5) is 10.1 Å². The van der Waals surface area contributed by atoms with E-state index in [-0.39, 0.29) is 29.5 Å². The number of carbonyl (C=O) groups is 2. The van der Waals surface area contributed by atoms with Crippen LogP contribution < -0.4 is 10.6 Å². The largest absolute Gasteiger partial charge is 0.355 e. The Balaban J connectivity index is 1.85. The highest BCUT2D eigenvalue weighted by molar-refractivity contribution is 6.05. The molecule has 2 amide bonds. The number of amides is 2. The van der Waals surface area contributed by atoms with Crippen LogP contribution in [0.25, 0.3) is 0 Å². The fourth-order valence-electron chi connectivity index (χ4n) is 2.87. The van der Waals surface area contributed by atoms with Gasteiger partial charge in [-0.05, 0) is 48.6 Å². The van der Waals surface area contributed by atoms with Crippen LogP contribution in [0, 0.1) is 11.7 Å². The number of benzene rings is 2. The summed E-state index contributed by atoms with van der Waals surface area (Å²) in [5.41, 5.74) is 1.70. The molecule has 3 rings (SSSR count). The number of hydrogen-bond donors (Lipinski definition) is 2. The highest BCUT2D eigenvalue weighted by atomic mass is 19.1. The fourth-order valence-corrected chi connectivity index (χ4v) is 2.87. The predicted octanol–water partition coefficient (Wildman–Crippen LogP) is 3.32. The van der Waals surface area contributed by atoms with Crippen molar-refractivity contribution in [3.8, 4) is 0 Å². The van der Waals surface area contributed by atoms with E-state index in [2.05, 4.69) is 10.6 Å². The lowest BCUT2D eigenvalue weighted by Gasteiger charge is -2.18. The standard InChI is InChI=1S/C19H19FN2O2/c1-21-18(23)15-4-2-3-5-16(15)22-19(24)17(12-6-7-12)13-8-10-14(20)11-9-13/h2-5,8-12,17H,6-7H2,1H3,(H,21,23)(H,22,24). The third-order valence-electron chi connectivity index (χ3n) is 4.26. The van der Waals surface area contributed by atoms with Gasteiger partial charge in [-0.3, -0.25) is 9.59 Å².